The molecule has 2 nitrogen and oxygen atoms in total. The summed E-state index contributed by atoms with van der Waals surface area (Å²) in [4.78, 5) is 4.11. The van der Waals surface area contributed by atoms with E-state index in [2.05, 4.69) is 23.1 Å². The molecule has 0 aliphatic carbocycles. The van der Waals surface area contributed by atoms with E-state index in [-0.39, 0.29) is 0 Å². The van der Waals surface area contributed by atoms with Crippen molar-refractivity contribution in [3.05, 3.63) is 70.6 Å². The predicted molar refractivity (Wildman–Crippen MR) is 91.2 cm³/mol. The smallest absolute Gasteiger partial charge is 0.120 e. The first kappa shape index (κ1) is 14.1. The zero-order valence-electron chi connectivity index (χ0n) is 11.4. The van der Waals surface area contributed by atoms with Crippen LogP contribution in [0, 0.1) is 11.3 Å². The molecule has 0 saturated carbocycles. The zero-order chi connectivity index (χ0) is 14.5. The van der Waals surface area contributed by atoms with Crippen LogP contribution in [-0.2, 0) is 0 Å². The standard InChI is InChI=1S/C17H14N2S2/c18-13-16(21-15-9-5-2-6-10-15)17-19(11-12-20-17)14-7-3-1-4-8-14/h1-10H,11-12H2/b17-16-. The van der Waals surface area contributed by atoms with Crippen molar-refractivity contribution in [2.24, 2.45) is 0 Å². The number of nitrogens with zero attached hydrogens (tertiary/aromatic N) is 2. The molecule has 0 amide bonds. The van der Waals surface area contributed by atoms with E-state index in [0.29, 0.717) is 0 Å². The van der Waals surface area contributed by atoms with E-state index in [0.717, 1.165) is 32.8 Å². The van der Waals surface area contributed by atoms with Gasteiger partial charge in [0.2, 0.25) is 0 Å². The van der Waals surface area contributed by atoms with Crippen LogP contribution in [-0.4, -0.2) is 12.3 Å². The fourth-order valence-electron chi connectivity index (χ4n) is 2.18. The number of anilines is 1. The SMILES string of the molecule is N#C/C(Sc1ccccc1)=C1/SCCN1c1ccccc1. The lowest BCUT2D eigenvalue weighted by molar-refractivity contribution is 1.05. The Kier molecular flexibility index (Phi) is 4.54. The largest absolute Gasteiger partial charge is 0.334 e. The number of hydrogen-bond acceptors (Lipinski definition) is 4. The molecule has 1 fully saturated rings. The number of nitriles is 1. The first-order valence-electron chi connectivity index (χ1n) is 6.71. The lowest BCUT2D eigenvalue weighted by atomic mass is 10.3. The molecule has 0 spiro atoms. The Morgan fingerprint density at radius 1 is 1.05 bits per heavy atom. The second kappa shape index (κ2) is 6.75. The van der Waals surface area contributed by atoms with Gasteiger partial charge < -0.3 is 4.90 Å². The summed E-state index contributed by atoms with van der Waals surface area (Å²) in [7, 11) is 0. The summed E-state index contributed by atoms with van der Waals surface area (Å²) in [6.07, 6.45) is 0. The van der Waals surface area contributed by atoms with Crippen LogP contribution in [0.25, 0.3) is 0 Å². The minimum atomic E-state index is 0.771. The normalized spacial score (nSPS) is 16.6. The van der Waals surface area contributed by atoms with Crippen LogP contribution in [0.5, 0.6) is 0 Å². The van der Waals surface area contributed by atoms with Gasteiger partial charge in [0.15, 0.2) is 0 Å². The molecule has 4 heteroatoms. The predicted octanol–water partition coefficient (Wildman–Crippen LogP) is 4.72. The fraction of sp³-hybridized carbons (Fsp3) is 0.118. The lowest BCUT2D eigenvalue weighted by Crippen LogP contribution is -2.17. The summed E-state index contributed by atoms with van der Waals surface area (Å²) in [5.74, 6) is 1.02. The molecular weight excluding hydrogens is 296 g/mol. The van der Waals surface area contributed by atoms with Crippen LogP contribution in [0.4, 0.5) is 5.69 Å². The highest BCUT2D eigenvalue weighted by atomic mass is 32.2. The van der Waals surface area contributed by atoms with Crippen LogP contribution >= 0.6 is 23.5 Å². The number of benzene rings is 2. The van der Waals surface area contributed by atoms with Gasteiger partial charge in [-0.05, 0) is 24.3 Å². The summed E-state index contributed by atoms with van der Waals surface area (Å²) >= 11 is 3.30. The molecule has 1 aliphatic rings. The minimum Gasteiger partial charge on any atom is -0.334 e. The lowest BCUT2D eigenvalue weighted by Gasteiger charge is -2.20. The number of para-hydroxylation sites is 1. The number of rotatable bonds is 3. The number of hydrogen-bond donors (Lipinski definition) is 0. The van der Waals surface area contributed by atoms with E-state index >= 15 is 0 Å². The van der Waals surface area contributed by atoms with Crippen molar-refractivity contribution in [3.8, 4) is 6.07 Å². The molecular formula is C17H14N2S2. The van der Waals surface area contributed by atoms with Gasteiger partial charge in [-0.15, -0.1) is 11.8 Å². The van der Waals surface area contributed by atoms with Crippen LogP contribution in [0.1, 0.15) is 0 Å². The van der Waals surface area contributed by atoms with E-state index in [1.54, 1.807) is 23.5 Å². The molecule has 0 radical (unpaired) electrons. The van der Waals surface area contributed by atoms with Crippen LogP contribution in [0.2, 0.25) is 0 Å². The minimum absolute atomic E-state index is 0.771. The van der Waals surface area contributed by atoms with Gasteiger partial charge >= 0.3 is 0 Å². The maximum absolute atomic E-state index is 9.54. The second-order valence-corrected chi connectivity index (χ2v) is 6.66. The van der Waals surface area contributed by atoms with Crippen molar-refractivity contribution >= 4 is 29.2 Å². The number of thioether (sulfide) groups is 2. The Morgan fingerprint density at radius 2 is 1.71 bits per heavy atom. The van der Waals surface area contributed by atoms with E-state index in [1.807, 2.05) is 48.5 Å². The molecule has 0 N–H and O–H groups in total. The fourth-order valence-corrected chi connectivity index (χ4v) is 4.25. The van der Waals surface area contributed by atoms with Crippen molar-refractivity contribution in [1.82, 2.24) is 0 Å². The van der Waals surface area contributed by atoms with Gasteiger partial charge in [-0.1, -0.05) is 48.2 Å². The Bertz CT molecular complexity index is 675. The van der Waals surface area contributed by atoms with Crippen molar-refractivity contribution in [3.63, 3.8) is 0 Å². The van der Waals surface area contributed by atoms with Crippen LogP contribution in [0.3, 0.4) is 0 Å². The Labute approximate surface area is 133 Å². The van der Waals surface area contributed by atoms with Gasteiger partial charge in [0.05, 0.1) is 0 Å². The zero-order valence-corrected chi connectivity index (χ0v) is 13.0. The Hall–Kier alpha value is -1.83. The Morgan fingerprint density at radius 3 is 2.38 bits per heavy atom. The third-order valence-electron chi connectivity index (χ3n) is 3.13. The van der Waals surface area contributed by atoms with E-state index in [4.69, 9.17) is 0 Å². The highest BCUT2D eigenvalue weighted by Gasteiger charge is 2.23. The van der Waals surface area contributed by atoms with Crippen molar-refractivity contribution in [1.29, 1.82) is 5.26 Å². The first-order chi connectivity index (χ1) is 10.4. The molecule has 0 atom stereocenters. The summed E-state index contributed by atoms with van der Waals surface area (Å²) in [6.45, 7) is 0.949. The van der Waals surface area contributed by atoms with Crippen molar-refractivity contribution in [2.45, 2.75) is 4.90 Å². The molecule has 0 unspecified atom stereocenters. The van der Waals surface area contributed by atoms with Gasteiger partial charge in [-0.2, -0.15) is 5.26 Å². The molecule has 3 rings (SSSR count). The molecule has 2 aromatic rings. The molecule has 0 bridgehead atoms. The van der Waals surface area contributed by atoms with Crippen molar-refractivity contribution in [2.75, 3.05) is 17.2 Å². The molecule has 21 heavy (non-hydrogen) atoms. The summed E-state index contributed by atoms with van der Waals surface area (Å²) < 4.78 is 0. The molecule has 1 saturated heterocycles. The van der Waals surface area contributed by atoms with Gasteiger partial charge in [-0.3, -0.25) is 0 Å². The highest BCUT2D eigenvalue weighted by Crippen LogP contribution is 2.40. The molecule has 1 aliphatic heterocycles. The second-order valence-electron chi connectivity index (χ2n) is 4.50. The number of allylic oxidation sites excluding steroid dienone is 1. The average Bonchev–Trinajstić information content (AvgIpc) is 3.04. The molecule has 104 valence electrons. The van der Waals surface area contributed by atoms with Gasteiger partial charge in [0.1, 0.15) is 16.0 Å². The average molecular weight is 310 g/mol. The van der Waals surface area contributed by atoms with Gasteiger partial charge in [0.25, 0.3) is 0 Å². The molecule has 1 heterocycles. The molecule has 2 aromatic carbocycles. The van der Waals surface area contributed by atoms with Gasteiger partial charge in [-0.25, -0.2) is 0 Å². The van der Waals surface area contributed by atoms with E-state index in [9.17, 15) is 5.26 Å². The highest BCUT2D eigenvalue weighted by molar-refractivity contribution is 8.07. The topological polar surface area (TPSA) is 27.0 Å². The van der Waals surface area contributed by atoms with Crippen molar-refractivity contribution < 1.29 is 0 Å². The monoisotopic (exact) mass is 310 g/mol. The first-order valence-corrected chi connectivity index (χ1v) is 8.51. The summed E-state index contributed by atoms with van der Waals surface area (Å²) in [6, 6.07) is 22.7. The summed E-state index contributed by atoms with van der Waals surface area (Å²) in [5.41, 5.74) is 1.15. The van der Waals surface area contributed by atoms with E-state index < -0.39 is 0 Å². The maximum atomic E-state index is 9.54. The third-order valence-corrected chi connectivity index (χ3v) is 5.34. The van der Waals surface area contributed by atoms with Crippen LogP contribution in [0.15, 0.2) is 75.5 Å². The molecule has 0 aromatic heterocycles. The quantitative estimate of drug-likeness (QED) is 0.605. The van der Waals surface area contributed by atoms with E-state index in [1.165, 1.54) is 0 Å². The maximum Gasteiger partial charge on any atom is 0.120 e. The van der Waals surface area contributed by atoms with Crippen LogP contribution < -0.4 is 4.90 Å². The summed E-state index contributed by atoms with van der Waals surface area (Å²) in [5, 5.41) is 10.6. The van der Waals surface area contributed by atoms with Gasteiger partial charge in [0, 0.05) is 22.9 Å². The Balaban J connectivity index is 1.92. The third kappa shape index (κ3) is 3.26.